The van der Waals surface area contributed by atoms with Gasteiger partial charge in [0.2, 0.25) is 0 Å². The van der Waals surface area contributed by atoms with Crippen LogP contribution in [-0.4, -0.2) is 5.94 Å². The van der Waals surface area contributed by atoms with Gasteiger partial charge >= 0.3 is 0 Å². The van der Waals surface area contributed by atoms with Crippen LogP contribution in [0.25, 0.3) is 0 Å². The Bertz CT molecular complexity index is 262. The molecule has 2 heteroatoms. The van der Waals surface area contributed by atoms with Crippen molar-refractivity contribution in [3.05, 3.63) is 42.0 Å². The molecule has 56 valence electrons. The molecule has 0 spiro atoms. The van der Waals surface area contributed by atoms with Crippen molar-refractivity contribution in [1.29, 1.82) is 0 Å². The van der Waals surface area contributed by atoms with Gasteiger partial charge in [0, 0.05) is 6.08 Å². The second-order valence-electron chi connectivity index (χ2n) is 2.22. The molecule has 0 aliphatic heterocycles. The van der Waals surface area contributed by atoms with Crippen molar-refractivity contribution in [2.24, 2.45) is 5.73 Å². The van der Waals surface area contributed by atoms with Crippen molar-refractivity contribution in [2.45, 2.75) is 6.04 Å². The molecule has 0 radical (unpaired) electrons. The van der Waals surface area contributed by atoms with E-state index in [2.05, 4.69) is 0 Å². The van der Waals surface area contributed by atoms with E-state index in [0.29, 0.717) is 0 Å². The fourth-order valence-electron chi connectivity index (χ4n) is 0.845. The first kappa shape index (κ1) is 7.73. The summed E-state index contributed by atoms with van der Waals surface area (Å²) >= 11 is 0. The molecule has 1 atom stereocenters. The standard InChI is InChI=1S/C9H9NO/c10-9(6-7-11)8-4-2-1-3-5-8/h1-6,9H,10H2. The number of nitrogens with two attached hydrogens (primary N) is 1. The Kier molecular flexibility index (Phi) is 2.61. The van der Waals surface area contributed by atoms with Crippen molar-refractivity contribution in [3.8, 4) is 0 Å². The summed E-state index contributed by atoms with van der Waals surface area (Å²) in [6, 6.07) is 9.09. The summed E-state index contributed by atoms with van der Waals surface area (Å²) < 4.78 is 0. The van der Waals surface area contributed by atoms with Gasteiger partial charge in [0.25, 0.3) is 0 Å². The monoisotopic (exact) mass is 147 g/mol. The van der Waals surface area contributed by atoms with Crippen LogP contribution in [0.2, 0.25) is 0 Å². The van der Waals surface area contributed by atoms with E-state index in [9.17, 15) is 4.79 Å². The molecule has 1 aromatic carbocycles. The Balaban J connectivity index is 2.84. The molecule has 1 unspecified atom stereocenters. The molecule has 1 aromatic rings. The van der Waals surface area contributed by atoms with Crippen molar-refractivity contribution in [1.82, 2.24) is 0 Å². The normalized spacial score (nSPS) is 11.7. The van der Waals surface area contributed by atoms with Gasteiger partial charge in [-0.2, -0.15) is 0 Å². The van der Waals surface area contributed by atoms with Crippen LogP contribution in [0.4, 0.5) is 0 Å². The third-order valence-electron chi connectivity index (χ3n) is 1.43. The van der Waals surface area contributed by atoms with Crippen LogP contribution >= 0.6 is 0 Å². The molecule has 0 heterocycles. The molecule has 0 aliphatic carbocycles. The molecule has 2 nitrogen and oxygen atoms in total. The van der Waals surface area contributed by atoms with E-state index in [0.717, 1.165) is 5.56 Å². The lowest BCUT2D eigenvalue weighted by Gasteiger charge is -2.02. The second-order valence-corrected chi connectivity index (χ2v) is 2.22. The van der Waals surface area contributed by atoms with Crippen LogP contribution in [0, 0.1) is 0 Å². The quantitative estimate of drug-likeness (QED) is 0.636. The maximum Gasteiger partial charge on any atom is 0.122 e. The zero-order chi connectivity index (χ0) is 8.10. The van der Waals surface area contributed by atoms with Gasteiger partial charge in [-0.25, -0.2) is 4.79 Å². The lowest BCUT2D eigenvalue weighted by molar-refractivity contribution is 0.567. The molecule has 0 aromatic heterocycles. The van der Waals surface area contributed by atoms with Crippen molar-refractivity contribution >= 4 is 5.94 Å². The largest absolute Gasteiger partial charge is 0.320 e. The van der Waals surface area contributed by atoms with Crippen LogP contribution < -0.4 is 5.73 Å². The van der Waals surface area contributed by atoms with E-state index in [1.54, 1.807) is 5.94 Å². The molecule has 0 saturated heterocycles. The summed E-state index contributed by atoms with van der Waals surface area (Å²) in [6.45, 7) is 0. The number of hydrogen-bond acceptors (Lipinski definition) is 2. The Morgan fingerprint density at radius 2 is 2.00 bits per heavy atom. The predicted octanol–water partition coefficient (Wildman–Crippen LogP) is 1.07. The van der Waals surface area contributed by atoms with Crippen LogP contribution in [0.1, 0.15) is 11.6 Å². The maximum atomic E-state index is 9.93. The van der Waals surface area contributed by atoms with Crippen LogP contribution in [-0.2, 0) is 4.79 Å². The van der Waals surface area contributed by atoms with Gasteiger partial charge < -0.3 is 5.73 Å². The number of benzene rings is 1. The minimum absolute atomic E-state index is 0.325. The van der Waals surface area contributed by atoms with E-state index in [-0.39, 0.29) is 6.04 Å². The van der Waals surface area contributed by atoms with Gasteiger partial charge in [0.1, 0.15) is 5.94 Å². The highest BCUT2D eigenvalue weighted by Gasteiger charge is 1.98. The number of hydrogen-bond donors (Lipinski definition) is 1. The molecule has 0 bridgehead atoms. The molecule has 1 rings (SSSR count). The Hall–Kier alpha value is -1.37. The summed E-state index contributed by atoms with van der Waals surface area (Å²) in [5.41, 5.74) is 6.51. The lowest BCUT2D eigenvalue weighted by Crippen LogP contribution is -2.06. The molecular weight excluding hydrogens is 138 g/mol. The lowest BCUT2D eigenvalue weighted by atomic mass is 10.1. The first-order valence-electron chi connectivity index (χ1n) is 3.36. The van der Waals surface area contributed by atoms with E-state index < -0.39 is 0 Å². The van der Waals surface area contributed by atoms with Crippen LogP contribution in [0.15, 0.2) is 36.4 Å². The predicted molar refractivity (Wildman–Crippen MR) is 43.6 cm³/mol. The van der Waals surface area contributed by atoms with Gasteiger partial charge in [-0.15, -0.1) is 0 Å². The zero-order valence-electron chi connectivity index (χ0n) is 6.03. The summed E-state index contributed by atoms with van der Waals surface area (Å²) in [5, 5.41) is 0. The van der Waals surface area contributed by atoms with Gasteiger partial charge in [-0.05, 0) is 5.56 Å². The first-order valence-corrected chi connectivity index (χ1v) is 3.36. The minimum Gasteiger partial charge on any atom is -0.320 e. The fraction of sp³-hybridized carbons (Fsp3) is 0.111. The molecule has 2 N–H and O–H groups in total. The molecule has 0 saturated carbocycles. The highest BCUT2D eigenvalue weighted by Crippen LogP contribution is 2.08. The topological polar surface area (TPSA) is 43.1 Å². The Morgan fingerprint density at radius 1 is 1.36 bits per heavy atom. The molecule has 11 heavy (non-hydrogen) atoms. The van der Waals surface area contributed by atoms with Crippen molar-refractivity contribution in [2.75, 3.05) is 0 Å². The SMILES string of the molecule is NC(C=C=O)c1ccccc1. The molecule has 0 amide bonds. The van der Waals surface area contributed by atoms with Crippen LogP contribution in [0.3, 0.4) is 0 Å². The minimum atomic E-state index is -0.325. The van der Waals surface area contributed by atoms with Gasteiger partial charge in [-0.3, -0.25) is 0 Å². The van der Waals surface area contributed by atoms with E-state index in [4.69, 9.17) is 5.73 Å². The average molecular weight is 147 g/mol. The summed E-state index contributed by atoms with van der Waals surface area (Å²) in [5.74, 6) is 1.67. The molecule has 0 aliphatic rings. The number of rotatable bonds is 2. The summed E-state index contributed by atoms with van der Waals surface area (Å²) in [6.07, 6.45) is 1.30. The first-order chi connectivity index (χ1) is 5.34. The van der Waals surface area contributed by atoms with E-state index in [1.807, 2.05) is 30.3 Å². The van der Waals surface area contributed by atoms with Crippen molar-refractivity contribution < 1.29 is 4.79 Å². The third kappa shape index (κ3) is 2.04. The molecular formula is C9H9NO. The molecule has 0 fully saturated rings. The second kappa shape index (κ2) is 3.71. The van der Waals surface area contributed by atoms with Gasteiger partial charge in [-0.1, -0.05) is 30.3 Å². The Morgan fingerprint density at radius 3 is 2.55 bits per heavy atom. The third-order valence-corrected chi connectivity index (χ3v) is 1.43. The maximum absolute atomic E-state index is 9.93. The van der Waals surface area contributed by atoms with E-state index in [1.165, 1.54) is 6.08 Å². The van der Waals surface area contributed by atoms with Gasteiger partial charge in [0.05, 0.1) is 6.04 Å². The highest BCUT2D eigenvalue weighted by atomic mass is 16.1. The number of carbonyl (C=O) groups excluding carboxylic acids is 1. The summed E-state index contributed by atoms with van der Waals surface area (Å²) in [7, 11) is 0. The summed E-state index contributed by atoms with van der Waals surface area (Å²) in [4.78, 5) is 9.93. The fourth-order valence-corrected chi connectivity index (χ4v) is 0.845. The average Bonchev–Trinajstić information content (AvgIpc) is 2.07. The van der Waals surface area contributed by atoms with Crippen LogP contribution in [0.5, 0.6) is 0 Å². The van der Waals surface area contributed by atoms with Crippen molar-refractivity contribution in [3.63, 3.8) is 0 Å². The zero-order valence-corrected chi connectivity index (χ0v) is 6.03. The van der Waals surface area contributed by atoms with Gasteiger partial charge in [0.15, 0.2) is 0 Å². The highest BCUT2D eigenvalue weighted by molar-refractivity contribution is 5.48. The van der Waals surface area contributed by atoms with E-state index >= 15 is 0 Å². The smallest absolute Gasteiger partial charge is 0.122 e. The Labute approximate surface area is 65.3 Å².